The van der Waals surface area contributed by atoms with Gasteiger partial charge in [-0.05, 0) is 62.6 Å². The number of methoxy groups -OCH3 is 1. The first-order chi connectivity index (χ1) is 16.1. The van der Waals surface area contributed by atoms with Gasteiger partial charge >= 0.3 is 0 Å². The Morgan fingerprint density at radius 3 is 2.44 bits per heavy atom. The first-order valence-electron chi connectivity index (χ1n) is 11.3. The first-order valence-corrected chi connectivity index (χ1v) is 13.2. The molecule has 0 heterocycles. The lowest BCUT2D eigenvalue weighted by Gasteiger charge is -2.29. The number of nitrogens with zero attached hydrogens (tertiary/aromatic N) is 2. The molecule has 2 aromatic rings. The van der Waals surface area contributed by atoms with Gasteiger partial charge in [-0.3, -0.25) is 13.9 Å². The molecule has 0 aliphatic rings. The van der Waals surface area contributed by atoms with E-state index in [0.29, 0.717) is 24.4 Å². The summed E-state index contributed by atoms with van der Waals surface area (Å²) in [4.78, 5) is 27.3. The molecule has 0 bridgehead atoms. The molecule has 186 valence electrons. The summed E-state index contributed by atoms with van der Waals surface area (Å²) in [5.74, 6) is 0.202. The van der Waals surface area contributed by atoms with Gasteiger partial charge in [-0.2, -0.15) is 0 Å². The number of aryl methyl sites for hydroxylation is 1. The van der Waals surface area contributed by atoms with E-state index in [4.69, 9.17) is 4.74 Å². The van der Waals surface area contributed by atoms with Gasteiger partial charge in [-0.15, -0.1) is 0 Å². The molecule has 2 rings (SSSR count). The number of amides is 2. The highest BCUT2D eigenvalue weighted by molar-refractivity contribution is 7.92. The van der Waals surface area contributed by atoms with Crippen LogP contribution in [0.25, 0.3) is 0 Å². The Kier molecular flexibility index (Phi) is 9.92. The van der Waals surface area contributed by atoms with Crippen LogP contribution in [0.5, 0.6) is 5.75 Å². The largest absolute Gasteiger partial charge is 0.497 e. The zero-order valence-corrected chi connectivity index (χ0v) is 21.4. The number of nitrogens with one attached hydrogen (secondary N) is 1. The van der Waals surface area contributed by atoms with Gasteiger partial charge in [0.05, 0.1) is 19.1 Å². The monoisotopic (exact) mass is 489 g/mol. The van der Waals surface area contributed by atoms with Gasteiger partial charge < -0.3 is 15.0 Å². The molecule has 1 unspecified atom stereocenters. The lowest BCUT2D eigenvalue weighted by Crippen LogP contribution is -2.47. The van der Waals surface area contributed by atoms with Gasteiger partial charge in [0.25, 0.3) is 0 Å². The molecule has 0 aliphatic carbocycles. The van der Waals surface area contributed by atoms with Crippen molar-refractivity contribution in [2.75, 3.05) is 30.8 Å². The lowest BCUT2D eigenvalue weighted by atomic mass is 10.1. The number of ether oxygens (including phenoxy) is 1. The van der Waals surface area contributed by atoms with Crippen LogP contribution in [0.4, 0.5) is 5.69 Å². The van der Waals surface area contributed by atoms with Crippen molar-refractivity contribution in [3.05, 3.63) is 59.7 Å². The van der Waals surface area contributed by atoms with E-state index in [1.165, 1.54) is 9.21 Å². The molecule has 0 radical (unpaired) electrons. The average molecular weight is 490 g/mol. The molecule has 9 heteroatoms. The summed E-state index contributed by atoms with van der Waals surface area (Å²) in [5.41, 5.74) is 2.35. The molecular weight excluding hydrogens is 454 g/mol. The van der Waals surface area contributed by atoms with Crippen molar-refractivity contribution in [3.8, 4) is 5.75 Å². The van der Waals surface area contributed by atoms with Crippen LogP contribution in [0.1, 0.15) is 37.8 Å². The van der Waals surface area contributed by atoms with E-state index in [2.05, 4.69) is 5.32 Å². The quantitative estimate of drug-likeness (QED) is 0.494. The van der Waals surface area contributed by atoms with Crippen molar-refractivity contribution in [1.29, 1.82) is 0 Å². The standard InChI is InChI=1S/C25H35N3O5S/c1-6-26-25(30)20(3)27(18-21-11-8-13-23(17-21)33-4)24(29)14-9-15-28(34(5,31)32)22-12-7-10-19(2)16-22/h7-8,10-13,16-17,20H,6,9,14-15,18H2,1-5H3,(H,26,30). The van der Waals surface area contributed by atoms with Gasteiger partial charge in [0.2, 0.25) is 21.8 Å². The highest BCUT2D eigenvalue weighted by Crippen LogP contribution is 2.21. The summed E-state index contributed by atoms with van der Waals surface area (Å²) in [6.07, 6.45) is 1.57. The third-order valence-corrected chi connectivity index (χ3v) is 6.64. The van der Waals surface area contributed by atoms with Crippen LogP contribution < -0.4 is 14.4 Å². The minimum Gasteiger partial charge on any atom is -0.497 e. The maximum Gasteiger partial charge on any atom is 0.242 e. The summed E-state index contributed by atoms with van der Waals surface area (Å²) in [7, 11) is -1.95. The highest BCUT2D eigenvalue weighted by atomic mass is 32.2. The van der Waals surface area contributed by atoms with Crippen LogP contribution in [0.2, 0.25) is 0 Å². The second-order valence-corrected chi connectivity index (χ2v) is 10.1. The predicted octanol–water partition coefficient (Wildman–Crippen LogP) is 3.10. The Morgan fingerprint density at radius 2 is 1.82 bits per heavy atom. The fraction of sp³-hybridized carbons (Fsp3) is 0.440. The zero-order valence-electron chi connectivity index (χ0n) is 20.6. The Labute approximate surface area is 202 Å². The maximum atomic E-state index is 13.2. The number of carbonyl (C=O) groups excluding carboxylic acids is 2. The van der Waals surface area contributed by atoms with Gasteiger partial charge in [0.1, 0.15) is 11.8 Å². The normalized spacial score (nSPS) is 12.0. The summed E-state index contributed by atoms with van der Waals surface area (Å²) in [6.45, 7) is 6.28. The summed E-state index contributed by atoms with van der Waals surface area (Å²) < 4.78 is 31.4. The van der Waals surface area contributed by atoms with Crippen molar-refractivity contribution < 1.29 is 22.7 Å². The van der Waals surface area contributed by atoms with Crippen LogP contribution in [0.3, 0.4) is 0 Å². The third-order valence-electron chi connectivity index (χ3n) is 5.45. The molecule has 1 atom stereocenters. The van der Waals surface area contributed by atoms with Crippen molar-refractivity contribution in [2.24, 2.45) is 0 Å². The molecule has 2 amide bonds. The topological polar surface area (TPSA) is 96.0 Å². The Balaban J connectivity index is 2.17. The molecule has 0 saturated heterocycles. The number of hydrogen-bond acceptors (Lipinski definition) is 5. The second kappa shape index (κ2) is 12.4. The van der Waals surface area contributed by atoms with E-state index in [9.17, 15) is 18.0 Å². The molecule has 8 nitrogen and oxygen atoms in total. The van der Waals surface area contributed by atoms with E-state index < -0.39 is 16.1 Å². The molecular formula is C25H35N3O5S. The lowest BCUT2D eigenvalue weighted by molar-refractivity contribution is -0.140. The molecule has 34 heavy (non-hydrogen) atoms. The average Bonchev–Trinajstić information content (AvgIpc) is 2.79. The summed E-state index contributed by atoms with van der Waals surface area (Å²) in [5, 5.41) is 2.76. The SMILES string of the molecule is CCNC(=O)C(C)N(Cc1cccc(OC)c1)C(=O)CCCN(c1cccc(C)c1)S(C)(=O)=O. The molecule has 1 N–H and O–H groups in total. The van der Waals surface area contributed by atoms with Crippen LogP contribution in [0, 0.1) is 6.92 Å². The van der Waals surface area contributed by atoms with Crippen LogP contribution in [-0.4, -0.2) is 57.6 Å². The van der Waals surface area contributed by atoms with Crippen LogP contribution in [0.15, 0.2) is 48.5 Å². The fourth-order valence-electron chi connectivity index (χ4n) is 3.66. The molecule has 0 aromatic heterocycles. The van der Waals surface area contributed by atoms with Crippen LogP contribution in [-0.2, 0) is 26.2 Å². The summed E-state index contributed by atoms with van der Waals surface area (Å²) in [6, 6.07) is 13.9. The fourth-order valence-corrected chi connectivity index (χ4v) is 4.62. The Morgan fingerprint density at radius 1 is 1.12 bits per heavy atom. The minimum absolute atomic E-state index is 0.103. The van der Waals surface area contributed by atoms with Crippen molar-refractivity contribution in [1.82, 2.24) is 10.2 Å². The van der Waals surface area contributed by atoms with Crippen LogP contribution >= 0.6 is 0 Å². The maximum absolute atomic E-state index is 13.2. The molecule has 2 aromatic carbocycles. The number of likely N-dealkylation sites (N-methyl/N-ethyl adjacent to an activating group) is 1. The van der Waals surface area contributed by atoms with E-state index >= 15 is 0 Å². The smallest absolute Gasteiger partial charge is 0.242 e. The van der Waals surface area contributed by atoms with E-state index in [-0.39, 0.29) is 31.3 Å². The third kappa shape index (κ3) is 7.76. The van der Waals surface area contributed by atoms with Crippen molar-refractivity contribution >= 4 is 27.5 Å². The molecule has 0 fully saturated rings. The van der Waals surface area contributed by atoms with Gasteiger partial charge in [0, 0.05) is 26.1 Å². The summed E-state index contributed by atoms with van der Waals surface area (Å²) >= 11 is 0. The number of rotatable bonds is 12. The Bertz CT molecular complexity index is 1090. The van der Waals surface area contributed by atoms with Crippen molar-refractivity contribution in [3.63, 3.8) is 0 Å². The molecule has 0 saturated carbocycles. The van der Waals surface area contributed by atoms with E-state index in [0.717, 1.165) is 17.4 Å². The minimum atomic E-state index is -3.52. The van der Waals surface area contributed by atoms with E-state index in [1.807, 2.05) is 44.2 Å². The predicted molar refractivity (Wildman–Crippen MR) is 134 cm³/mol. The number of anilines is 1. The van der Waals surface area contributed by atoms with Gasteiger partial charge in [-0.25, -0.2) is 8.42 Å². The highest BCUT2D eigenvalue weighted by Gasteiger charge is 2.26. The Hall–Kier alpha value is -3.07. The number of hydrogen-bond donors (Lipinski definition) is 1. The first kappa shape index (κ1) is 27.2. The van der Waals surface area contributed by atoms with Crippen molar-refractivity contribution in [2.45, 2.75) is 46.2 Å². The second-order valence-electron chi connectivity index (χ2n) is 8.22. The molecule has 0 aliphatic heterocycles. The van der Waals surface area contributed by atoms with Gasteiger partial charge in [-0.1, -0.05) is 24.3 Å². The number of carbonyl (C=O) groups is 2. The number of sulfonamides is 1. The number of benzene rings is 2. The van der Waals surface area contributed by atoms with Gasteiger partial charge in [0.15, 0.2) is 0 Å². The zero-order chi connectivity index (χ0) is 25.3. The molecule has 0 spiro atoms. The van der Waals surface area contributed by atoms with E-state index in [1.54, 1.807) is 32.2 Å².